The third kappa shape index (κ3) is 9.17. The average molecular weight is 845 g/mol. The fraction of sp³-hybridized carbons (Fsp3) is 0.789. The van der Waals surface area contributed by atoms with Gasteiger partial charge in [-0.05, 0) is 89.1 Å². The van der Waals surface area contributed by atoms with E-state index in [-0.39, 0.29) is 44.2 Å². The van der Waals surface area contributed by atoms with Gasteiger partial charge in [-0.15, -0.1) is 11.3 Å². The number of oxime groups is 1. The van der Waals surface area contributed by atoms with Gasteiger partial charge >= 0.3 is 12.1 Å². The average Bonchev–Trinajstić information content (AvgIpc) is 3.68. The molecule has 4 saturated heterocycles. The van der Waals surface area contributed by atoms with Crippen molar-refractivity contribution in [1.82, 2.24) is 10.2 Å². The Balaban J connectivity index is 1.60. The molecular formula is C38H58BrN3O11S. The Morgan fingerprint density at radius 3 is 2.46 bits per heavy atom. The summed E-state index contributed by atoms with van der Waals surface area (Å²) in [5.74, 6) is -3.46. The van der Waals surface area contributed by atoms with Gasteiger partial charge in [0.25, 0.3) is 0 Å². The van der Waals surface area contributed by atoms with E-state index in [0.29, 0.717) is 18.6 Å². The molecule has 0 saturated carbocycles. The predicted octanol–water partition coefficient (Wildman–Crippen LogP) is 5.07. The highest BCUT2D eigenvalue weighted by molar-refractivity contribution is 9.11. The quantitative estimate of drug-likeness (QED) is 0.277. The number of amides is 1. The first-order valence-corrected chi connectivity index (χ1v) is 20.6. The van der Waals surface area contributed by atoms with E-state index in [9.17, 15) is 19.5 Å². The number of rotatable bonds is 7. The number of carbonyl (C=O) groups is 3. The molecule has 2 bridgehead atoms. The molecule has 5 heterocycles. The van der Waals surface area contributed by atoms with Gasteiger partial charge in [-0.1, -0.05) is 32.9 Å². The Hall–Kier alpha value is -2.18. The van der Waals surface area contributed by atoms with Gasteiger partial charge in [0.15, 0.2) is 18.5 Å². The number of nitrogens with one attached hydrogen (secondary N) is 1. The van der Waals surface area contributed by atoms with Crippen molar-refractivity contribution < 1.29 is 52.7 Å². The molecule has 1 aromatic rings. The van der Waals surface area contributed by atoms with Crippen molar-refractivity contribution in [3.05, 3.63) is 20.8 Å². The zero-order valence-corrected chi connectivity index (χ0v) is 35.4. The van der Waals surface area contributed by atoms with Gasteiger partial charge in [0.2, 0.25) is 0 Å². The Morgan fingerprint density at radius 1 is 1.09 bits per heavy atom. The van der Waals surface area contributed by atoms with Gasteiger partial charge in [0.1, 0.15) is 23.7 Å². The molecule has 16 heteroatoms. The van der Waals surface area contributed by atoms with Crippen molar-refractivity contribution in [1.29, 1.82) is 0 Å². The van der Waals surface area contributed by atoms with E-state index in [4.69, 9.17) is 33.3 Å². The fourth-order valence-electron chi connectivity index (χ4n) is 8.71. The molecular weight excluding hydrogens is 786 g/mol. The summed E-state index contributed by atoms with van der Waals surface area (Å²) >= 11 is 5.01. The highest BCUT2D eigenvalue weighted by Crippen LogP contribution is 2.42. The maximum atomic E-state index is 14.4. The second kappa shape index (κ2) is 17.5. The van der Waals surface area contributed by atoms with E-state index < -0.39 is 83.7 Å². The number of hydrogen-bond acceptors (Lipinski definition) is 14. The van der Waals surface area contributed by atoms with Crippen molar-refractivity contribution in [3.63, 3.8) is 0 Å². The minimum absolute atomic E-state index is 0.0318. The lowest BCUT2D eigenvalue weighted by molar-refractivity contribution is -0.302. The zero-order chi connectivity index (χ0) is 39.7. The summed E-state index contributed by atoms with van der Waals surface area (Å²) in [5, 5.41) is 18.9. The van der Waals surface area contributed by atoms with E-state index in [2.05, 4.69) is 26.4 Å². The molecule has 5 rings (SSSR count). The minimum Gasteiger partial charge on any atom is -0.458 e. The Bertz CT molecular complexity index is 1530. The SMILES string of the molecule is CC[C@H]1OC(=O)[C@H](C)[C@H]2OC/C(=N\OCc3ccc(Br)s3)CO[C@](C)(C[C@@H](C)C(=O)[C@H](C)[C@@H]3NC(=O)O[C@]13C)[C@H](O[C@@H]1O[C@H](C)C[C@H](N(C)C)[C@H]1O)[C@@H]2C. The van der Waals surface area contributed by atoms with E-state index in [1.54, 1.807) is 20.8 Å². The molecule has 0 spiro atoms. The number of esters is 1. The lowest BCUT2D eigenvalue weighted by Crippen LogP contribution is -2.60. The van der Waals surface area contributed by atoms with Crippen LogP contribution in [0.3, 0.4) is 0 Å². The van der Waals surface area contributed by atoms with Gasteiger partial charge in [0.05, 0.1) is 52.9 Å². The number of Topliss-reactive ketones (excluding diaryl/α,β-unsaturated/α-hetero) is 1. The number of aliphatic hydroxyl groups excluding tert-OH is 1. The Morgan fingerprint density at radius 2 is 1.81 bits per heavy atom. The largest absolute Gasteiger partial charge is 0.458 e. The van der Waals surface area contributed by atoms with Crippen molar-refractivity contribution in [3.8, 4) is 0 Å². The molecule has 14 atom stereocenters. The van der Waals surface area contributed by atoms with Crippen LogP contribution in [0.15, 0.2) is 21.1 Å². The van der Waals surface area contributed by atoms with E-state index >= 15 is 0 Å². The second-order valence-electron chi connectivity index (χ2n) is 16.1. The lowest BCUT2D eigenvalue weighted by atomic mass is 9.73. The van der Waals surface area contributed by atoms with Crippen LogP contribution in [0.25, 0.3) is 0 Å². The van der Waals surface area contributed by atoms with Gasteiger partial charge in [-0.2, -0.15) is 0 Å². The number of alkyl carbamates (subject to hydrolysis) is 1. The summed E-state index contributed by atoms with van der Waals surface area (Å²) in [6.07, 6.45) is -4.43. The van der Waals surface area contributed by atoms with Crippen LogP contribution < -0.4 is 5.32 Å². The Kier molecular flexibility index (Phi) is 13.9. The maximum Gasteiger partial charge on any atom is 0.408 e. The van der Waals surface area contributed by atoms with E-state index in [0.717, 1.165) is 8.66 Å². The van der Waals surface area contributed by atoms with Crippen LogP contribution in [-0.4, -0.2) is 121 Å². The first kappa shape index (κ1) is 43.0. The molecule has 14 nitrogen and oxygen atoms in total. The van der Waals surface area contributed by atoms with E-state index in [1.807, 2.05) is 65.7 Å². The molecule has 4 aliphatic heterocycles. The number of ketones is 1. The highest BCUT2D eigenvalue weighted by atomic mass is 79.9. The molecule has 4 aliphatic rings. The number of fused-ring (bicyclic) bond motifs is 4. The van der Waals surface area contributed by atoms with Gasteiger partial charge in [-0.25, -0.2) is 4.79 Å². The van der Waals surface area contributed by atoms with Crippen LogP contribution in [0, 0.1) is 23.7 Å². The topological polar surface area (TPSA) is 164 Å². The monoisotopic (exact) mass is 843 g/mol. The van der Waals surface area contributed by atoms with Crippen LogP contribution in [0.4, 0.5) is 4.79 Å². The van der Waals surface area contributed by atoms with Gasteiger partial charge in [0, 0.05) is 28.7 Å². The van der Waals surface area contributed by atoms with Gasteiger partial charge in [-0.3, -0.25) is 9.59 Å². The number of cyclic esters (lactones) is 1. The number of ether oxygens (including phenoxy) is 6. The minimum atomic E-state index is -1.31. The van der Waals surface area contributed by atoms with Crippen LogP contribution >= 0.6 is 27.3 Å². The van der Waals surface area contributed by atoms with E-state index in [1.165, 1.54) is 11.3 Å². The Labute approximate surface area is 331 Å². The molecule has 1 aromatic heterocycles. The number of carbonyl (C=O) groups excluding carboxylic acids is 3. The number of nitrogens with zero attached hydrogens (tertiary/aromatic N) is 2. The number of thiophene rings is 1. The zero-order valence-electron chi connectivity index (χ0n) is 33.0. The van der Waals surface area contributed by atoms with Crippen molar-refractivity contribution in [2.75, 3.05) is 27.3 Å². The first-order valence-electron chi connectivity index (χ1n) is 18.9. The standard InChI is InChI=1S/C38H58BrN3O11S/c1-11-27-38(8)32(40-36(46)53-38)21(4)29(43)19(2)15-37(7)33(52-35-30(44)26(42(9)10)14-20(3)50-35)22(5)31(23(6)34(45)51-27)47-16-24(17-48-37)41-49-18-25-12-13-28(39)54-25/h12-13,19-23,26-27,30-33,35,44H,11,14-18H2,1-10H3,(H,40,46)/b41-24+/t19-,20-,21+,22-,23-,26+,27-,30-,31+,32+,33-,35+,37-,38-/m1/s1. The third-order valence-electron chi connectivity index (χ3n) is 11.7. The van der Waals surface area contributed by atoms with Crippen molar-refractivity contribution in [2.24, 2.45) is 28.8 Å². The molecule has 54 heavy (non-hydrogen) atoms. The molecule has 4 fully saturated rings. The summed E-state index contributed by atoms with van der Waals surface area (Å²) in [6, 6.07) is 2.86. The number of hydrogen-bond donors (Lipinski definition) is 2. The molecule has 2 N–H and O–H groups in total. The normalized spacial score (nSPS) is 41.9. The lowest BCUT2D eigenvalue weighted by Gasteiger charge is -2.48. The molecule has 1 amide bonds. The number of aliphatic hydroxyl groups is 1. The fourth-order valence-corrected chi connectivity index (χ4v) is 10.1. The molecule has 0 aromatic carbocycles. The predicted molar refractivity (Wildman–Crippen MR) is 204 cm³/mol. The smallest absolute Gasteiger partial charge is 0.408 e. The molecule has 0 radical (unpaired) electrons. The van der Waals surface area contributed by atoms with Crippen molar-refractivity contribution in [2.45, 2.75) is 141 Å². The first-order chi connectivity index (χ1) is 25.4. The summed E-state index contributed by atoms with van der Waals surface area (Å²) < 4.78 is 39.6. The molecule has 0 aliphatic carbocycles. The third-order valence-corrected chi connectivity index (χ3v) is 13.3. The van der Waals surface area contributed by atoms with Gasteiger partial charge < -0.3 is 48.6 Å². The van der Waals surface area contributed by atoms with Crippen LogP contribution in [0.1, 0.15) is 79.5 Å². The van der Waals surface area contributed by atoms with Crippen molar-refractivity contribution >= 4 is 50.8 Å². The highest BCUT2D eigenvalue weighted by Gasteiger charge is 2.57. The van der Waals surface area contributed by atoms with Crippen LogP contribution in [0.2, 0.25) is 0 Å². The summed E-state index contributed by atoms with van der Waals surface area (Å²) in [4.78, 5) is 50.2. The maximum absolute atomic E-state index is 14.4. The molecule has 0 unspecified atom stereocenters. The second-order valence-corrected chi connectivity index (χ2v) is 18.7. The summed E-state index contributed by atoms with van der Waals surface area (Å²) in [7, 11) is 3.81. The molecule has 304 valence electrons. The number of halogens is 1. The van der Waals surface area contributed by atoms with Crippen LogP contribution in [0.5, 0.6) is 0 Å². The number of likely N-dealkylation sites (N-methyl/N-ethyl adjacent to an activating group) is 1. The summed E-state index contributed by atoms with van der Waals surface area (Å²) in [6.45, 7) is 14.8. The van der Waals surface area contributed by atoms with Crippen LogP contribution in [-0.2, 0) is 49.5 Å². The summed E-state index contributed by atoms with van der Waals surface area (Å²) in [5.41, 5.74) is -2.10.